The van der Waals surface area contributed by atoms with Gasteiger partial charge in [0.2, 0.25) is 0 Å². The Morgan fingerprint density at radius 3 is 2.68 bits per heavy atom. The molecule has 0 aliphatic rings. The standard InChI is InChI=1S/C18H19FN2O4/c1-3-20(11-14-5-4-6-15(19)10-14)18(22)12-25-17-9-13(2)7-8-16(17)21(23)24/h4-10H,3,11-12H2,1-2H3. The lowest BCUT2D eigenvalue weighted by atomic mass is 10.2. The minimum absolute atomic E-state index is 0.0557. The summed E-state index contributed by atoms with van der Waals surface area (Å²) in [5.74, 6) is -0.643. The Morgan fingerprint density at radius 1 is 1.28 bits per heavy atom. The number of halogens is 1. The Balaban J connectivity index is 2.05. The second-order valence-corrected chi connectivity index (χ2v) is 5.55. The minimum Gasteiger partial charge on any atom is -0.477 e. The summed E-state index contributed by atoms with van der Waals surface area (Å²) < 4.78 is 18.6. The molecular formula is C18H19FN2O4. The highest BCUT2D eigenvalue weighted by molar-refractivity contribution is 5.78. The van der Waals surface area contributed by atoms with E-state index in [2.05, 4.69) is 0 Å². The maximum atomic E-state index is 13.3. The molecule has 0 atom stereocenters. The van der Waals surface area contributed by atoms with Crippen LogP contribution < -0.4 is 4.74 Å². The average Bonchev–Trinajstić information content (AvgIpc) is 2.57. The molecule has 0 spiro atoms. The van der Waals surface area contributed by atoms with Crippen molar-refractivity contribution in [2.24, 2.45) is 0 Å². The topological polar surface area (TPSA) is 72.7 Å². The van der Waals surface area contributed by atoms with E-state index in [-0.39, 0.29) is 36.3 Å². The molecule has 25 heavy (non-hydrogen) atoms. The van der Waals surface area contributed by atoms with E-state index in [1.165, 1.54) is 29.2 Å². The van der Waals surface area contributed by atoms with Crippen molar-refractivity contribution in [3.05, 3.63) is 69.5 Å². The van der Waals surface area contributed by atoms with Crippen LogP contribution in [0.4, 0.5) is 10.1 Å². The fraction of sp³-hybridized carbons (Fsp3) is 0.278. The van der Waals surface area contributed by atoms with Crippen LogP contribution in [0.1, 0.15) is 18.1 Å². The zero-order valence-corrected chi connectivity index (χ0v) is 14.1. The van der Waals surface area contributed by atoms with E-state index in [0.717, 1.165) is 5.56 Å². The van der Waals surface area contributed by atoms with Crippen LogP contribution in [0, 0.1) is 22.9 Å². The van der Waals surface area contributed by atoms with Crippen molar-refractivity contribution < 1.29 is 18.8 Å². The molecule has 132 valence electrons. The van der Waals surface area contributed by atoms with Gasteiger partial charge in [0.25, 0.3) is 5.91 Å². The Bertz CT molecular complexity index is 779. The molecule has 7 heteroatoms. The van der Waals surface area contributed by atoms with Crippen LogP contribution >= 0.6 is 0 Å². The first kappa shape index (κ1) is 18.4. The van der Waals surface area contributed by atoms with E-state index in [0.29, 0.717) is 12.1 Å². The van der Waals surface area contributed by atoms with Crippen molar-refractivity contribution >= 4 is 11.6 Å². The molecule has 1 amide bonds. The van der Waals surface area contributed by atoms with Gasteiger partial charge in [-0.2, -0.15) is 0 Å². The lowest BCUT2D eigenvalue weighted by Crippen LogP contribution is -2.34. The highest BCUT2D eigenvalue weighted by Crippen LogP contribution is 2.27. The smallest absolute Gasteiger partial charge is 0.310 e. The molecular weight excluding hydrogens is 327 g/mol. The summed E-state index contributed by atoms with van der Waals surface area (Å²) >= 11 is 0. The van der Waals surface area contributed by atoms with Gasteiger partial charge >= 0.3 is 5.69 Å². The first-order chi connectivity index (χ1) is 11.9. The summed E-state index contributed by atoms with van der Waals surface area (Å²) in [6, 6.07) is 10.5. The number of hydrogen-bond acceptors (Lipinski definition) is 4. The number of ether oxygens (including phenoxy) is 1. The lowest BCUT2D eigenvalue weighted by molar-refractivity contribution is -0.385. The number of nitrogens with zero attached hydrogens (tertiary/aromatic N) is 2. The Kier molecular flexibility index (Phi) is 6.05. The van der Waals surface area contributed by atoms with Gasteiger partial charge < -0.3 is 9.64 Å². The van der Waals surface area contributed by atoms with E-state index >= 15 is 0 Å². The van der Waals surface area contributed by atoms with Gasteiger partial charge in [0.05, 0.1) is 4.92 Å². The Hall–Kier alpha value is -2.96. The minimum atomic E-state index is -0.552. The molecule has 0 N–H and O–H groups in total. The summed E-state index contributed by atoms with van der Waals surface area (Å²) in [7, 11) is 0. The third-order valence-corrected chi connectivity index (χ3v) is 3.66. The van der Waals surface area contributed by atoms with Crippen molar-refractivity contribution in [2.75, 3.05) is 13.2 Å². The predicted molar refractivity (Wildman–Crippen MR) is 90.8 cm³/mol. The fourth-order valence-electron chi connectivity index (χ4n) is 2.35. The van der Waals surface area contributed by atoms with Gasteiger partial charge in [-0.05, 0) is 43.2 Å². The first-order valence-corrected chi connectivity index (χ1v) is 7.80. The molecule has 0 bridgehead atoms. The number of hydrogen-bond donors (Lipinski definition) is 0. The number of likely N-dealkylation sites (N-methyl/N-ethyl adjacent to an activating group) is 1. The lowest BCUT2D eigenvalue weighted by Gasteiger charge is -2.21. The molecule has 0 aromatic heterocycles. The maximum absolute atomic E-state index is 13.3. The molecule has 2 aromatic carbocycles. The number of carbonyl (C=O) groups excluding carboxylic acids is 1. The van der Waals surface area contributed by atoms with E-state index in [4.69, 9.17) is 4.74 Å². The monoisotopic (exact) mass is 346 g/mol. The zero-order valence-electron chi connectivity index (χ0n) is 14.1. The number of nitro benzene ring substituents is 1. The summed E-state index contributed by atoms with van der Waals surface area (Å²) in [5, 5.41) is 11.0. The van der Waals surface area contributed by atoms with E-state index in [1.54, 1.807) is 32.0 Å². The summed E-state index contributed by atoms with van der Waals surface area (Å²) in [5.41, 5.74) is 1.27. The number of nitro groups is 1. The van der Waals surface area contributed by atoms with Crippen molar-refractivity contribution in [1.82, 2.24) is 4.90 Å². The molecule has 0 aliphatic carbocycles. The summed E-state index contributed by atoms with van der Waals surface area (Å²) in [4.78, 5) is 24.3. The van der Waals surface area contributed by atoms with E-state index in [1.807, 2.05) is 0 Å². The van der Waals surface area contributed by atoms with Crippen LogP contribution in [0.15, 0.2) is 42.5 Å². The zero-order chi connectivity index (χ0) is 18.4. The van der Waals surface area contributed by atoms with Crippen LogP contribution in [0.25, 0.3) is 0 Å². The number of carbonyl (C=O) groups is 1. The molecule has 0 radical (unpaired) electrons. The van der Waals surface area contributed by atoms with Crippen molar-refractivity contribution in [1.29, 1.82) is 0 Å². The van der Waals surface area contributed by atoms with Crippen molar-refractivity contribution in [3.8, 4) is 5.75 Å². The van der Waals surface area contributed by atoms with E-state index < -0.39 is 4.92 Å². The van der Waals surface area contributed by atoms with Crippen molar-refractivity contribution in [3.63, 3.8) is 0 Å². The van der Waals surface area contributed by atoms with Gasteiger partial charge in [-0.1, -0.05) is 18.2 Å². The van der Waals surface area contributed by atoms with Crippen molar-refractivity contribution in [2.45, 2.75) is 20.4 Å². The molecule has 2 aromatic rings. The quantitative estimate of drug-likeness (QED) is 0.568. The van der Waals surface area contributed by atoms with Crippen LogP contribution in [0.2, 0.25) is 0 Å². The predicted octanol–water partition coefficient (Wildman–Crippen LogP) is 3.47. The van der Waals surface area contributed by atoms with Crippen LogP contribution in [-0.2, 0) is 11.3 Å². The van der Waals surface area contributed by atoms with Crippen LogP contribution in [-0.4, -0.2) is 28.9 Å². The normalized spacial score (nSPS) is 10.4. The second-order valence-electron chi connectivity index (χ2n) is 5.55. The SMILES string of the molecule is CCN(Cc1cccc(F)c1)C(=O)COc1cc(C)ccc1[N+](=O)[O-]. The third kappa shape index (κ3) is 5.00. The van der Waals surface area contributed by atoms with Gasteiger partial charge in [0.1, 0.15) is 5.82 Å². The highest BCUT2D eigenvalue weighted by Gasteiger charge is 2.18. The third-order valence-electron chi connectivity index (χ3n) is 3.66. The maximum Gasteiger partial charge on any atom is 0.310 e. The number of amides is 1. The van der Waals surface area contributed by atoms with Gasteiger partial charge in [-0.3, -0.25) is 14.9 Å². The summed E-state index contributed by atoms with van der Waals surface area (Å²) in [6.45, 7) is 3.90. The fourth-order valence-corrected chi connectivity index (χ4v) is 2.35. The number of benzene rings is 2. The molecule has 6 nitrogen and oxygen atoms in total. The van der Waals surface area contributed by atoms with Gasteiger partial charge in [-0.15, -0.1) is 0 Å². The van der Waals surface area contributed by atoms with Gasteiger partial charge in [0, 0.05) is 19.2 Å². The Labute approximate surface area is 145 Å². The number of aryl methyl sites for hydroxylation is 1. The summed E-state index contributed by atoms with van der Waals surface area (Å²) in [6.07, 6.45) is 0. The highest BCUT2D eigenvalue weighted by atomic mass is 19.1. The molecule has 0 saturated carbocycles. The van der Waals surface area contributed by atoms with Crippen LogP contribution in [0.5, 0.6) is 5.75 Å². The largest absolute Gasteiger partial charge is 0.477 e. The van der Waals surface area contributed by atoms with E-state index in [9.17, 15) is 19.3 Å². The molecule has 2 rings (SSSR count). The second kappa shape index (κ2) is 8.23. The van der Waals surface area contributed by atoms with Gasteiger partial charge in [0.15, 0.2) is 12.4 Å². The Morgan fingerprint density at radius 2 is 2.04 bits per heavy atom. The molecule has 0 saturated heterocycles. The average molecular weight is 346 g/mol. The first-order valence-electron chi connectivity index (χ1n) is 7.80. The van der Waals surface area contributed by atoms with Gasteiger partial charge in [-0.25, -0.2) is 4.39 Å². The molecule has 0 fully saturated rings. The van der Waals surface area contributed by atoms with Crippen LogP contribution in [0.3, 0.4) is 0 Å². The molecule has 0 unspecified atom stereocenters. The molecule has 0 heterocycles. The molecule has 0 aliphatic heterocycles. The number of rotatable bonds is 7.